The Morgan fingerprint density at radius 2 is 1.70 bits per heavy atom. The maximum absolute atomic E-state index is 16.4. The van der Waals surface area contributed by atoms with E-state index in [0.29, 0.717) is 25.1 Å². The number of benzene rings is 1. The number of amides is 1. The van der Waals surface area contributed by atoms with Gasteiger partial charge in [-0.05, 0) is 59.1 Å². The Bertz CT molecular complexity index is 769. The monoisotopic (exact) mass is 422 g/mol. The average Bonchev–Trinajstić information content (AvgIpc) is 3.09. The molecule has 2 atom stereocenters. The third-order valence-corrected chi connectivity index (χ3v) is 4.91. The second kappa shape index (κ2) is 8.92. The van der Waals surface area contributed by atoms with Crippen LogP contribution in [0.4, 0.5) is 9.18 Å². The fourth-order valence-corrected chi connectivity index (χ4v) is 3.54. The molecule has 0 aromatic heterocycles. The van der Waals surface area contributed by atoms with Crippen LogP contribution in [-0.4, -0.2) is 46.9 Å². The minimum Gasteiger partial charge on any atom is -0.458 e. The molecule has 30 heavy (non-hydrogen) atoms. The number of halogens is 1. The van der Waals surface area contributed by atoms with Gasteiger partial charge < -0.3 is 20.1 Å². The molecule has 1 saturated heterocycles. The van der Waals surface area contributed by atoms with Gasteiger partial charge in [-0.1, -0.05) is 24.3 Å². The van der Waals surface area contributed by atoms with Gasteiger partial charge in [-0.15, -0.1) is 0 Å². The second-order valence-electron chi connectivity index (χ2n) is 9.98. The van der Waals surface area contributed by atoms with Crippen molar-refractivity contribution in [3.63, 3.8) is 0 Å². The van der Waals surface area contributed by atoms with Gasteiger partial charge in [-0.25, -0.2) is 14.0 Å². The molecule has 0 radical (unpaired) electrons. The van der Waals surface area contributed by atoms with Crippen LogP contribution in [0.1, 0.15) is 59.1 Å². The van der Waals surface area contributed by atoms with E-state index < -0.39 is 34.9 Å². The Morgan fingerprint density at radius 3 is 2.27 bits per heavy atom. The number of carbonyl (C=O) groups excluding carboxylic acids is 2. The molecular formula is C23H35FN2O4. The lowest BCUT2D eigenvalue weighted by atomic mass is 9.82. The zero-order valence-electron chi connectivity index (χ0n) is 19.0. The van der Waals surface area contributed by atoms with Crippen molar-refractivity contribution in [2.24, 2.45) is 11.7 Å². The van der Waals surface area contributed by atoms with E-state index in [-0.39, 0.29) is 13.0 Å². The number of carbonyl (C=O) groups is 2. The van der Waals surface area contributed by atoms with Crippen LogP contribution in [0.2, 0.25) is 0 Å². The fourth-order valence-electron chi connectivity index (χ4n) is 3.54. The summed E-state index contributed by atoms with van der Waals surface area (Å²) in [5.74, 6) is -1.59. The van der Waals surface area contributed by atoms with Crippen LogP contribution >= 0.6 is 0 Å². The second-order valence-corrected chi connectivity index (χ2v) is 9.98. The van der Waals surface area contributed by atoms with E-state index >= 15 is 4.39 Å². The molecule has 1 unspecified atom stereocenters. The summed E-state index contributed by atoms with van der Waals surface area (Å²) < 4.78 is 27.3. The van der Waals surface area contributed by atoms with Crippen LogP contribution in [-0.2, 0) is 27.2 Å². The van der Waals surface area contributed by atoms with E-state index in [4.69, 9.17) is 15.2 Å². The molecule has 1 fully saturated rings. The molecule has 1 aromatic carbocycles. The normalized spacial score (nSPS) is 19.3. The van der Waals surface area contributed by atoms with Gasteiger partial charge in [0, 0.05) is 32.0 Å². The van der Waals surface area contributed by atoms with Crippen LogP contribution in [0, 0.1) is 5.92 Å². The van der Waals surface area contributed by atoms with Crippen LogP contribution < -0.4 is 5.73 Å². The highest BCUT2D eigenvalue weighted by Gasteiger charge is 2.52. The summed E-state index contributed by atoms with van der Waals surface area (Å²) >= 11 is 0. The van der Waals surface area contributed by atoms with Crippen molar-refractivity contribution < 1.29 is 23.5 Å². The Kier molecular flexibility index (Phi) is 7.17. The van der Waals surface area contributed by atoms with Gasteiger partial charge in [-0.3, -0.25) is 0 Å². The Balaban J connectivity index is 2.27. The van der Waals surface area contributed by atoms with Crippen LogP contribution in [0.3, 0.4) is 0 Å². The average molecular weight is 423 g/mol. The number of likely N-dealkylation sites (tertiary alicyclic amines) is 1. The van der Waals surface area contributed by atoms with Crippen LogP contribution in [0.5, 0.6) is 0 Å². The summed E-state index contributed by atoms with van der Waals surface area (Å²) in [6.07, 6.45) is -0.282. The van der Waals surface area contributed by atoms with Crippen molar-refractivity contribution >= 4 is 12.1 Å². The molecule has 6 nitrogen and oxygen atoms in total. The molecule has 2 N–H and O–H groups in total. The summed E-state index contributed by atoms with van der Waals surface area (Å²) in [7, 11) is 0. The zero-order chi connectivity index (χ0) is 22.7. The summed E-state index contributed by atoms with van der Waals surface area (Å²) in [5, 5.41) is 0. The van der Waals surface area contributed by atoms with E-state index in [1.807, 2.05) is 6.07 Å². The predicted molar refractivity (Wildman–Crippen MR) is 114 cm³/mol. The molecule has 0 aliphatic carbocycles. The fraction of sp³-hybridized carbons (Fsp3) is 0.652. The number of hydrogen-bond acceptors (Lipinski definition) is 5. The first-order valence-corrected chi connectivity index (χ1v) is 10.4. The lowest BCUT2D eigenvalue weighted by molar-refractivity contribution is -0.173. The number of nitrogens with two attached hydrogens (primary N) is 1. The minimum atomic E-state index is -2.27. The van der Waals surface area contributed by atoms with Gasteiger partial charge in [0.15, 0.2) is 0 Å². The summed E-state index contributed by atoms with van der Waals surface area (Å²) in [6, 6.07) is 7.24. The van der Waals surface area contributed by atoms with E-state index in [2.05, 4.69) is 0 Å². The highest BCUT2D eigenvalue weighted by atomic mass is 19.1. The number of hydrogen-bond donors (Lipinski definition) is 1. The molecule has 1 amide bonds. The maximum atomic E-state index is 16.4. The number of nitrogens with zero attached hydrogens (tertiary/aromatic N) is 1. The Hall–Kier alpha value is -2.15. The third kappa shape index (κ3) is 6.42. The molecule has 1 aliphatic heterocycles. The lowest BCUT2D eigenvalue weighted by Crippen LogP contribution is -2.48. The number of esters is 1. The van der Waals surface area contributed by atoms with Gasteiger partial charge in [0.05, 0.1) is 0 Å². The highest BCUT2D eigenvalue weighted by molar-refractivity contribution is 5.81. The first-order valence-electron chi connectivity index (χ1n) is 10.4. The summed E-state index contributed by atoms with van der Waals surface area (Å²) in [6.45, 7) is 11.2. The Morgan fingerprint density at radius 1 is 1.10 bits per heavy atom. The first kappa shape index (κ1) is 24.1. The zero-order valence-corrected chi connectivity index (χ0v) is 19.0. The third-order valence-electron chi connectivity index (χ3n) is 4.91. The molecular weight excluding hydrogens is 387 g/mol. The van der Waals surface area contributed by atoms with Gasteiger partial charge >= 0.3 is 12.1 Å². The smallest absolute Gasteiger partial charge is 0.410 e. The van der Waals surface area contributed by atoms with Crippen molar-refractivity contribution in [3.8, 4) is 0 Å². The minimum absolute atomic E-state index is 0.0984. The van der Waals surface area contributed by atoms with Crippen molar-refractivity contribution in [2.45, 2.75) is 77.8 Å². The molecule has 0 bridgehead atoms. The van der Waals surface area contributed by atoms with Gasteiger partial charge in [0.25, 0.3) is 0 Å². The number of alkyl halides is 1. The standard InChI is InChI=1S/C23H35FN2O4/c1-21(2,3)29-19(27)23(24,13-16-8-7-9-17(12-16)14-25)18-10-11-26(15-18)20(28)30-22(4,5)6/h7-9,12,18H,10-11,13-15,25H2,1-6H3/t18-,23?/m0/s1. The lowest BCUT2D eigenvalue weighted by Gasteiger charge is -2.33. The van der Waals surface area contributed by atoms with Crippen LogP contribution in [0.15, 0.2) is 24.3 Å². The molecule has 1 aromatic rings. The van der Waals surface area contributed by atoms with E-state index in [0.717, 1.165) is 5.56 Å². The van der Waals surface area contributed by atoms with Crippen molar-refractivity contribution in [3.05, 3.63) is 35.4 Å². The van der Waals surface area contributed by atoms with Crippen LogP contribution in [0.25, 0.3) is 0 Å². The van der Waals surface area contributed by atoms with Gasteiger partial charge in [0.2, 0.25) is 5.67 Å². The van der Waals surface area contributed by atoms with Gasteiger partial charge in [-0.2, -0.15) is 0 Å². The van der Waals surface area contributed by atoms with Crippen molar-refractivity contribution in [1.29, 1.82) is 0 Å². The van der Waals surface area contributed by atoms with E-state index in [9.17, 15) is 9.59 Å². The Labute approximate surface area is 178 Å². The molecule has 2 rings (SSSR count). The molecule has 1 heterocycles. The van der Waals surface area contributed by atoms with Crippen molar-refractivity contribution in [2.75, 3.05) is 13.1 Å². The topological polar surface area (TPSA) is 81.9 Å². The molecule has 0 spiro atoms. The van der Waals surface area contributed by atoms with E-state index in [1.54, 1.807) is 59.7 Å². The van der Waals surface area contributed by atoms with E-state index in [1.165, 1.54) is 4.90 Å². The summed E-state index contributed by atoms with van der Waals surface area (Å²) in [5.41, 5.74) is 3.50. The quantitative estimate of drug-likeness (QED) is 0.726. The number of ether oxygens (including phenoxy) is 2. The first-order chi connectivity index (χ1) is 13.7. The molecule has 0 saturated carbocycles. The maximum Gasteiger partial charge on any atom is 0.410 e. The number of rotatable bonds is 5. The highest BCUT2D eigenvalue weighted by Crippen LogP contribution is 2.37. The molecule has 168 valence electrons. The largest absolute Gasteiger partial charge is 0.458 e. The SMILES string of the molecule is CC(C)(C)OC(=O)N1CC[C@H](C(F)(Cc2cccc(CN)c2)C(=O)OC(C)(C)C)C1. The molecule has 1 aliphatic rings. The molecule has 7 heteroatoms. The van der Waals surface area contributed by atoms with Gasteiger partial charge in [0.1, 0.15) is 11.2 Å². The summed E-state index contributed by atoms with van der Waals surface area (Å²) in [4.78, 5) is 26.9. The predicted octanol–water partition coefficient (Wildman–Crippen LogP) is 3.99. The van der Waals surface area contributed by atoms with Crippen molar-refractivity contribution in [1.82, 2.24) is 4.90 Å².